The number of aromatic nitrogens is 5. The third-order valence-corrected chi connectivity index (χ3v) is 7.74. The first-order chi connectivity index (χ1) is 21.0. The van der Waals surface area contributed by atoms with Crippen molar-refractivity contribution in [1.82, 2.24) is 34.3 Å². The number of rotatable bonds is 13. The van der Waals surface area contributed by atoms with Gasteiger partial charge in [-0.2, -0.15) is 13.1 Å². The van der Waals surface area contributed by atoms with Crippen LogP contribution >= 0.6 is 11.3 Å². The highest BCUT2D eigenvalue weighted by Gasteiger charge is 2.54. The van der Waals surface area contributed by atoms with Gasteiger partial charge in [0.15, 0.2) is 16.6 Å². The number of aromatic hydroxyl groups is 1. The minimum Gasteiger partial charge on any atom is -0.503 e. The number of nitrogens with two attached hydrogens (primary N) is 1. The van der Waals surface area contributed by atoms with Crippen LogP contribution in [0.4, 0.5) is 5.13 Å². The maximum absolute atomic E-state index is 13.2. The number of carbonyl (C=O) groups is 3. The van der Waals surface area contributed by atoms with Gasteiger partial charge in [0.25, 0.3) is 11.8 Å². The van der Waals surface area contributed by atoms with Gasteiger partial charge in [-0.1, -0.05) is 10.4 Å². The molecule has 0 spiro atoms. The predicted octanol–water partition coefficient (Wildman–Crippen LogP) is -2.08. The van der Waals surface area contributed by atoms with Gasteiger partial charge in [0.1, 0.15) is 17.4 Å². The van der Waals surface area contributed by atoms with Crippen LogP contribution in [0.25, 0.3) is 0 Å². The number of carbonyl (C=O) groups excluding carboxylic acids is 2. The molecular weight excluding hydrogens is 646 g/mol. The molecule has 1 aliphatic heterocycles. The number of anilines is 1. The summed E-state index contributed by atoms with van der Waals surface area (Å²) < 4.78 is 40.6. The SMILES string of the molecule is CC(C)(ON=C(C(=O)N[C@@H]1C(=O)N(S(=O)(=O)O)[C@H]1Cn1cc(COCc2cc(=O)c(O)cn2O)nn1)c1csc(N)n1)C(=O)O. The number of aliphatic carboxylic acids is 1. The van der Waals surface area contributed by atoms with Crippen molar-refractivity contribution in [2.45, 2.75) is 51.3 Å². The summed E-state index contributed by atoms with van der Waals surface area (Å²) in [6.07, 6.45) is 2.10. The van der Waals surface area contributed by atoms with E-state index < -0.39 is 69.2 Å². The van der Waals surface area contributed by atoms with Gasteiger partial charge < -0.3 is 36.0 Å². The molecule has 0 aromatic carbocycles. The molecule has 23 heteroatoms. The summed E-state index contributed by atoms with van der Waals surface area (Å²) in [5.41, 5.74) is 2.53. The molecule has 0 radical (unpaired) electrons. The molecule has 2 amide bonds. The van der Waals surface area contributed by atoms with Crippen molar-refractivity contribution in [3.8, 4) is 5.75 Å². The Balaban J connectivity index is 1.49. The molecule has 1 aliphatic rings. The lowest BCUT2D eigenvalue weighted by molar-refractivity contribution is -0.161. The number of nitrogens with one attached hydrogen (secondary N) is 1. The Morgan fingerprint density at radius 1 is 1.24 bits per heavy atom. The lowest BCUT2D eigenvalue weighted by Gasteiger charge is -2.43. The van der Waals surface area contributed by atoms with Crippen molar-refractivity contribution < 1.29 is 52.3 Å². The first-order valence-electron chi connectivity index (χ1n) is 12.4. The maximum atomic E-state index is 13.2. The molecule has 242 valence electrons. The predicted molar refractivity (Wildman–Crippen MR) is 148 cm³/mol. The summed E-state index contributed by atoms with van der Waals surface area (Å²) >= 11 is 0.924. The molecule has 0 saturated carbocycles. The number of nitrogens with zero attached hydrogens (tertiary/aromatic N) is 7. The Bertz CT molecular complexity index is 1830. The van der Waals surface area contributed by atoms with Crippen molar-refractivity contribution in [2.75, 3.05) is 5.73 Å². The average molecular weight is 672 g/mol. The zero-order chi connectivity index (χ0) is 33.3. The van der Waals surface area contributed by atoms with Crippen LogP contribution in [0.1, 0.15) is 30.9 Å². The quantitative estimate of drug-likeness (QED) is 0.0373. The molecule has 0 unspecified atom stereocenters. The van der Waals surface area contributed by atoms with Crippen molar-refractivity contribution >= 4 is 50.3 Å². The van der Waals surface area contributed by atoms with E-state index in [1.165, 1.54) is 11.6 Å². The maximum Gasteiger partial charge on any atom is 0.362 e. The van der Waals surface area contributed by atoms with E-state index in [1.807, 2.05) is 0 Å². The van der Waals surface area contributed by atoms with Gasteiger partial charge in [0.05, 0.1) is 43.9 Å². The van der Waals surface area contributed by atoms with Gasteiger partial charge in [-0.05, 0) is 13.8 Å². The van der Waals surface area contributed by atoms with Crippen LogP contribution in [-0.2, 0) is 54.0 Å². The number of amides is 2. The Hall–Kier alpha value is -5.13. The molecular formula is C22H25N9O12S2. The number of hydrogen-bond acceptors (Lipinski definition) is 16. The first kappa shape index (κ1) is 32.8. The van der Waals surface area contributed by atoms with E-state index in [-0.39, 0.29) is 39.7 Å². The van der Waals surface area contributed by atoms with Crippen LogP contribution in [0.5, 0.6) is 5.75 Å². The van der Waals surface area contributed by atoms with Crippen LogP contribution in [-0.4, -0.2) is 98.6 Å². The highest BCUT2D eigenvalue weighted by Crippen LogP contribution is 2.26. The van der Waals surface area contributed by atoms with E-state index in [0.29, 0.717) is 4.73 Å². The molecule has 1 fully saturated rings. The minimum atomic E-state index is -5.08. The molecule has 4 rings (SSSR count). The van der Waals surface area contributed by atoms with Gasteiger partial charge in [0.2, 0.25) is 11.0 Å². The molecule has 0 bridgehead atoms. The molecule has 3 aromatic heterocycles. The van der Waals surface area contributed by atoms with E-state index in [1.54, 1.807) is 0 Å². The lowest BCUT2D eigenvalue weighted by atomic mass is 9.98. The molecule has 0 aliphatic carbocycles. The van der Waals surface area contributed by atoms with E-state index in [2.05, 4.69) is 25.8 Å². The lowest BCUT2D eigenvalue weighted by Crippen LogP contribution is -2.73. The van der Waals surface area contributed by atoms with Gasteiger partial charge in [0, 0.05) is 11.4 Å². The van der Waals surface area contributed by atoms with Crippen LogP contribution < -0.4 is 16.5 Å². The molecule has 1 saturated heterocycles. The van der Waals surface area contributed by atoms with Gasteiger partial charge in [-0.25, -0.2) is 18.8 Å². The smallest absolute Gasteiger partial charge is 0.362 e. The van der Waals surface area contributed by atoms with Gasteiger partial charge >= 0.3 is 16.3 Å². The topological polar surface area (TPSA) is 304 Å². The highest BCUT2D eigenvalue weighted by molar-refractivity contribution is 7.84. The Labute approximate surface area is 255 Å². The fraction of sp³-hybridized carbons (Fsp3) is 0.364. The van der Waals surface area contributed by atoms with Crippen LogP contribution in [0.3, 0.4) is 0 Å². The zero-order valence-electron chi connectivity index (χ0n) is 23.2. The normalized spacial score (nSPS) is 17.2. The Kier molecular flexibility index (Phi) is 9.08. The second-order valence-corrected chi connectivity index (χ2v) is 12.0. The second-order valence-electron chi connectivity index (χ2n) is 9.83. The molecule has 3 aromatic rings. The number of thiazole rings is 1. The van der Waals surface area contributed by atoms with E-state index >= 15 is 0 Å². The number of nitrogen functional groups attached to an aromatic ring is 1. The van der Waals surface area contributed by atoms with Crippen LogP contribution in [0.15, 0.2) is 33.8 Å². The van der Waals surface area contributed by atoms with Crippen LogP contribution in [0, 0.1) is 0 Å². The van der Waals surface area contributed by atoms with Crippen molar-refractivity contribution in [2.24, 2.45) is 5.16 Å². The Morgan fingerprint density at radius 3 is 2.58 bits per heavy atom. The summed E-state index contributed by atoms with van der Waals surface area (Å²) in [5, 5.41) is 43.3. The standard InChI is InChI=1S/C22H25N9O12S2/c1-22(2,20(36)37)43-27-16(12-9-44-21(23)24-12)18(34)25-17-13(31(19(17)35)45(39,40)41)5-29-4-10(26-28-29)7-42-8-11-3-14(32)15(33)6-30(11)38/h3-4,6,9,13,17,33,38H,5,7-8H2,1-2H3,(H2,23,24)(H,25,34)(H,36,37)(H,39,40,41)/t13-,17-/m0/s1. The number of β-lactam (4-membered cyclic amide) rings is 1. The van der Waals surface area contributed by atoms with Crippen molar-refractivity contribution in [3.05, 3.63) is 51.1 Å². The van der Waals surface area contributed by atoms with E-state index in [4.69, 9.17) is 15.3 Å². The molecule has 45 heavy (non-hydrogen) atoms. The number of pyridine rings is 1. The monoisotopic (exact) mass is 671 g/mol. The number of carboxylic acid groups (broad SMARTS) is 1. The number of hydrogen-bond donors (Lipinski definition) is 6. The number of oxime groups is 1. The summed E-state index contributed by atoms with van der Waals surface area (Å²) in [5.74, 6) is -4.39. The third-order valence-electron chi connectivity index (χ3n) is 6.11. The summed E-state index contributed by atoms with van der Waals surface area (Å²) in [7, 11) is -5.08. The van der Waals surface area contributed by atoms with E-state index in [0.717, 1.165) is 42.1 Å². The number of carboxylic acids is 1. The summed E-state index contributed by atoms with van der Waals surface area (Å²) in [6.45, 7) is 1.44. The van der Waals surface area contributed by atoms with Crippen LogP contribution in [0.2, 0.25) is 0 Å². The fourth-order valence-electron chi connectivity index (χ4n) is 3.76. The second kappa shape index (κ2) is 12.5. The van der Waals surface area contributed by atoms with Crippen molar-refractivity contribution in [1.29, 1.82) is 0 Å². The number of ether oxygens (including phenoxy) is 1. The summed E-state index contributed by atoms with van der Waals surface area (Å²) in [4.78, 5) is 57.9. The van der Waals surface area contributed by atoms with Gasteiger partial charge in [-0.3, -0.25) is 18.9 Å². The summed E-state index contributed by atoms with van der Waals surface area (Å²) in [6, 6.07) is -2.00. The molecule has 2 atom stereocenters. The Morgan fingerprint density at radius 2 is 1.96 bits per heavy atom. The van der Waals surface area contributed by atoms with E-state index in [9.17, 15) is 47.6 Å². The van der Waals surface area contributed by atoms with Gasteiger partial charge in [-0.15, -0.1) is 16.4 Å². The molecule has 7 N–H and O–H groups in total. The average Bonchev–Trinajstić information content (AvgIpc) is 3.57. The first-order valence-corrected chi connectivity index (χ1v) is 14.7. The fourth-order valence-corrected chi connectivity index (χ4v) is 5.18. The largest absolute Gasteiger partial charge is 0.503 e. The minimum absolute atomic E-state index is 0.0146. The molecule has 21 nitrogen and oxygen atoms in total. The zero-order valence-corrected chi connectivity index (χ0v) is 24.8. The molecule has 4 heterocycles. The third kappa shape index (κ3) is 7.34. The van der Waals surface area contributed by atoms with Crippen molar-refractivity contribution in [3.63, 3.8) is 0 Å². The highest BCUT2D eigenvalue weighted by atomic mass is 32.2.